The molecule has 0 unspecified atom stereocenters. The smallest absolute Gasteiger partial charge is 0.140 e. The SMILES string of the molecule is C#CCCNCc1ccnc(C#N)c1. The van der Waals surface area contributed by atoms with Gasteiger partial charge in [0.2, 0.25) is 0 Å². The van der Waals surface area contributed by atoms with Gasteiger partial charge in [0.1, 0.15) is 11.8 Å². The summed E-state index contributed by atoms with van der Waals surface area (Å²) in [4.78, 5) is 3.88. The molecule has 1 aromatic rings. The molecule has 0 bridgehead atoms. The number of hydrogen-bond donors (Lipinski definition) is 1. The van der Waals surface area contributed by atoms with Crippen molar-refractivity contribution in [1.29, 1.82) is 5.26 Å². The van der Waals surface area contributed by atoms with Crippen LogP contribution in [0.15, 0.2) is 18.3 Å². The highest BCUT2D eigenvalue weighted by atomic mass is 14.8. The van der Waals surface area contributed by atoms with Crippen molar-refractivity contribution in [2.75, 3.05) is 6.54 Å². The van der Waals surface area contributed by atoms with Crippen LogP contribution in [-0.2, 0) is 6.54 Å². The van der Waals surface area contributed by atoms with Crippen molar-refractivity contribution in [2.24, 2.45) is 0 Å². The van der Waals surface area contributed by atoms with Crippen molar-refractivity contribution in [3.8, 4) is 18.4 Å². The number of pyridine rings is 1. The zero-order chi connectivity index (χ0) is 10.2. The molecule has 1 heterocycles. The highest BCUT2D eigenvalue weighted by molar-refractivity contribution is 5.25. The number of nitriles is 1. The summed E-state index contributed by atoms with van der Waals surface area (Å²) in [5.74, 6) is 2.55. The Labute approximate surface area is 83.8 Å². The van der Waals surface area contributed by atoms with E-state index in [-0.39, 0.29) is 0 Å². The first-order chi connectivity index (χ1) is 6.86. The van der Waals surface area contributed by atoms with Crippen LogP contribution in [0.25, 0.3) is 0 Å². The number of rotatable bonds is 4. The van der Waals surface area contributed by atoms with Gasteiger partial charge in [0.25, 0.3) is 0 Å². The van der Waals surface area contributed by atoms with E-state index in [1.54, 1.807) is 12.3 Å². The van der Waals surface area contributed by atoms with Crippen molar-refractivity contribution < 1.29 is 0 Å². The topological polar surface area (TPSA) is 48.7 Å². The summed E-state index contributed by atoms with van der Waals surface area (Å²) >= 11 is 0. The Bertz CT molecular complexity index is 371. The van der Waals surface area contributed by atoms with Crippen LogP contribution in [0.4, 0.5) is 0 Å². The molecule has 0 aromatic carbocycles. The number of nitrogens with zero attached hydrogens (tertiary/aromatic N) is 2. The van der Waals surface area contributed by atoms with E-state index in [0.29, 0.717) is 5.69 Å². The zero-order valence-corrected chi connectivity index (χ0v) is 7.83. The molecule has 0 aliphatic heterocycles. The predicted octanol–water partition coefficient (Wildman–Crippen LogP) is 1.07. The second-order valence-corrected chi connectivity index (χ2v) is 2.79. The highest BCUT2D eigenvalue weighted by Gasteiger charge is 1.95. The van der Waals surface area contributed by atoms with Crippen molar-refractivity contribution in [3.05, 3.63) is 29.6 Å². The molecule has 14 heavy (non-hydrogen) atoms. The van der Waals surface area contributed by atoms with Gasteiger partial charge in [-0.3, -0.25) is 0 Å². The van der Waals surface area contributed by atoms with E-state index in [4.69, 9.17) is 11.7 Å². The fourth-order valence-electron chi connectivity index (χ4n) is 1.04. The third-order valence-electron chi connectivity index (χ3n) is 1.71. The fraction of sp³-hybridized carbons (Fsp3) is 0.273. The minimum atomic E-state index is 0.446. The first-order valence-electron chi connectivity index (χ1n) is 4.36. The summed E-state index contributed by atoms with van der Waals surface area (Å²) < 4.78 is 0. The summed E-state index contributed by atoms with van der Waals surface area (Å²) in [5.41, 5.74) is 1.50. The van der Waals surface area contributed by atoms with Gasteiger partial charge in [0, 0.05) is 25.7 Å². The van der Waals surface area contributed by atoms with Gasteiger partial charge in [-0.1, -0.05) is 0 Å². The van der Waals surface area contributed by atoms with Crippen LogP contribution in [0.1, 0.15) is 17.7 Å². The van der Waals surface area contributed by atoms with Crippen molar-refractivity contribution in [2.45, 2.75) is 13.0 Å². The predicted molar refractivity (Wildman–Crippen MR) is 54.1 cm³/mol. The van der Waals surface area contributed by atoms with Crippen LogP contribution in [-0.4, -0.2) is 11.5 Å². The van der Waals surface area contributed by atoms with Crippen LogP contribution in [0, 0.1) is 23.7 Å². The lowest BCUT2D eigenvalue weighted by Crippen LogP contribution is -2.14. The van der Waals surface area contributed by atoms with Crippen molar-refractivity contribution >= 4 is 0 Å². The van der Waals surface area contributed by atoms with Crippen LogP contribution in [0.5, 0.6) is 0 Å². The maximum absolute atomic E-state index is 8.61. The summed E-state index contributed by atoms with van der Waals surface area (Å²) in [6.07, 6.45) is 7.46. The molecule has 70 valence electrons. The van der Waals surface area contributed by atoms with Crippen LogP contribution in [0.3, 0.4) is 0 Å². The van der Waals surface area contributed by atoms with E-state index in [1.165, 1.54) is 0 Å². The van der Waals surface area contributed by atoms with Gasteiger partial charge < -0.3 is 5.32 Å². The standard InChI is InChI=1S/C11H11N3/c1-2-3-5-13-9-10-4-6-14-11(7-10)8-12/h1,4,6-7,13H,3,5,9H2. The molecule has 0 amide bonds. The molecule has 0 atom stereocenters. The van der Waals surface area contributed by atoms with E-state index >= 15 is 0 Å². The van der Waals surface area contributed by atoms with Gasteiger partial charge in [-0.2, -0.15) is 5.26 Å². The molecule has 0 fully saturated rings. The fourth-order valence-corrected chi connectivity index (χ4v) is 1.04. The monoisotopic (exact) mass is 185 g/mol. The Morgan fingerprint density at radius 1 is 1.57 bits per heavy atom. The summed E-state index contributed by atoms with van der Waals surface area (Å²) in [6, 6.07) is 5.64. The average molecular weight is 185 g/mol. The molecule has 3 nitrogen and oxygen atoms in total. The lowest BCUT2D eigenvalue weighted by atomic mass is 10.2. The molecule has 1 N–H and O–H groups in total. The second-order valence-electron chi connectivity index (χ2n) is 2.79. The number of aromatic nitrogens is 1. The Morgan fingerprint density at radius 3 is 3.14 bits per heavy atom. The van der Waals surface area contributed by atoms with Gasteiger partial charge in [-0.25, -0.2) is 4.98 Å². The summed E-state index contributed by atoms with van der Waals surface area (Å²) in [5, 5.41) is 11.8. The zero-order valence-electron chi connectivity index (χ0n) is 7.83. The van der Waals surface area contributed by atoms with E-state index in [0.717, 1.165) is 25.1 Å². The largest absolute Gasteiger partial charge is 0.312 e. The number of terminal acetylenes is 1. The van der Waals surface area contributed by atoms with Gasteiger partial charge in [0.15, 0.2) is 0 Å². The maximum Gasteiger partial charge on any atom is 0.140 e. The first-order valence-corrected chi connectivity index (χ1v) is 4.36. The summed E-state index contributed by atoms with van der Waals surface area (Å²) in [7, 11) is 0. The molecule has 0 saturated heterocycles. The molecular formula is C11H11N3. The second kappa shape index (κ2) is 5.75. The first kappa shape index (κ1) is 10.2. The molecule has 0 saturated carbocycles. The van der Waals surface area contributed by atoms with Crippen LogP contribution in [0.2, 0.25) is 0 Å². The quantitative estimate of drug-likeness (QED) is 0.563. The minimum absolute atomic E-state index is 0.446. The minimum Gasteiger partial charge on any atom is -0.312 e. The highest BCUT2D eigenvalue weighted by Crippen LogP contribution is 1.99. The molecule has 1 rings (SSSR count). The molecule has 3 heteroatoms. The Morgan fingerprint density at radius 2 is 2.43 bits per heavy atom. The third kappa shape index (κ3) is 3.26. The Hall–Kier alpha value is -1.84. The van der Waals surface area contributed by atoms with Gasteiger partial charge in [-0.05, 0) is 17.7 Å². The number of nitrogens with one attached hydrogen (secondary N) is 1. The van der Waals surface area contributed by atoms with E-state index in [1.807, 2.05) is 12.1 Å². The molecular weight excluding hydrogens is 174 g/mol. The summed E-state index contributed by atoms with van der Waals surface area (Å²) in [6.45, 7) is 1.51. The van der Waals surface area contributed by atoms with Crippen molar-refractivity contribution in [1.82, 2.24) is 10.3 Å². The van der Waals surface area contributed by atoms with Gasteiger partial charge in [-0.15, -0.1) is 12.3 Å². The van der Waals surface area contributed by atoms with Crippen LogP contribution < -0.4 is 5.32 Å². The lowest BCUT2D eigenvalue weighted by molar-refractivity contribution is 0.700. The Balaban J connectivity index is 2.44. The Kier molecular flexibility index (Phi) is 4.20. The molecule has 0 aliphatic rings. The van der Waals surface area contributed by atoms with E-state index in [2.05, 4.69) is 16.2 Å². The maximum atomic E-state index is 8.61. The molecule has 0 spiro atoms. The number of hydrogen-bond acceptors (Lipinski definition) is 3. The van der Waals surface area contributed by atoms with Crippen LogP contribution >= 0.6 is 0 Å². The molecule has 0 aliphatic carbocycles. The normalized spacial score (nSPS) is 9.00. The lowest BCUT2D eigenvalue weighted by Gasteiger charge is -2.02. The van der Waals surface area contributed by atoms with Gasteiger partial charge >= 0.3 is 0 Å². The van der Waals surface area contributed by atoms with Crippen molar-refractivity contribution in [3.63, 3.8) is 0 Å². The average Bonchev–Trinajstić information content (AvgIpc) is 2.25. The van der Waals surface area contributed by atoms with E-state index in [9.17, 15) is 0 Å². The molecule has 1 aromatic heterocycles. The molecule has 0 radical (unpaired) electrons. The van der Waals surface area contributed by atoms with E-state index < -0.39 is 0 Å². The van der Waals surface area contributed by atoms with Gasteiger partial charge in [0.05, 0.1) is 0 Å². The third-order valence-corrected chi connectivity index (χ3v) is 1.71.